The molecule has 0 amide bonds. The first-order valence-electron chi connectivity index (χ1n) is 10.1. The molecular weight excluding hydrogens is 364 g/mol. The monoisotopic (exact) mass is 390 g/mol. The van der Waals surface area contributed by atoms with Crippen molar-refractivity contribution in [2.75, 3.05) is 5.88 Å². The highest BCUT2D eigenvalue weighted by Crippen LogP contribution is 2.76. The molecule has 0 unspecified atom stereocenters. The Morgan fingerprint density at radius 3 is 2.81 bits per heavy atom. The molecule has 4 aliphatic carbocycles. The van der Waals surface area contributed by atoms with E-state index >= 15 is 0 Å². The molecule has 3 saturated carbocycles. The van der Waals surface area contributed by atoms with Gasteiger partial charge in [0, 0.05) is 10.8 Å². The summed E-state index contributed by atoms with van der Waals surface area (Å²) in [4.78, 5) is 24.7. The van der Waals surface area contributed by atoms with Crippen LogP contribution in [0.4, 0.5) is 0 Å². The van der Waals surface area contributed by atoms with E-state index in [0.29, 0.717) is 6.42 Å². The maximum absolute atomic E-state index is 12.7. The van der Waals surface area contributed by atoms with Gasteiger partial charge in [-0.05, 0) is 62.5 Å². The lowest BCUT2D eigenvalue weighted by Crippen LogP contribution is -2.62. The van der Waals surface area contributed by atoms with Crippen molar-refractivity contribution in [2.24, 2.45) is 28.6 Å². The number of hydrogen-bond acceptors (Lipinski definition) is 4. The van der Waals surface area contributed by atoms with Gasteiger partial charge >= 0.3 is 0 Å². The number of aliphatic hydroxyl groups is 1. The lowest BCUT2D eigenvalue weighted by Gasteiger charge is -2.55. The van der Waals surface area contributed by atoms with Gasteiger partial charge in [0.15, 0.2) is 11.6 Å². The highest BCUT2D eigenvalue weighted by Gasteiger charge is 2.81. The average molecular weight is 391 g/mol. The Kier molecular flexibility index (Phi) is 3.44. The smallest absolute Gasteiger partial charge is 0.179 e. The third kappa shape index (κ3) is 1.79. The van der Waals surface area contributed by atoms with Gasteiger partial charge in [-0.25, -0.2) is 0 Å². The number of fused-ring (bicyclic) bond motifs is 3. The Balaban J connectivity index is 1.60. The third-order valence-electron chi connectivity index (χ3n) is 9.06. The van der Waals surface area contributed by atoms with E-state index in [1.807, 2.05) is 13.0 Å². The number of carbonyl (C=O) groups excluding carboxylic acids is 2. The number of epoxide rings is 1. The summed E-state index contributed by atoms with van der Waals surface area (Å²) in [7, 11) is 0. The van der Waals surface area contributed by atoms with E-state index < -0.39 is 11.0 Å². The van der Waals surface area contributed by atoms with Crippen LogP contribution in [0.3, 0.4) is 0 Å². The van der Waals surface area contributed by atoms with E-state index in [-0.39, 0.29) is 52.3 Å². The lowest BCUT2D eigenvalue weighted by atomic mass is 9.47. The topological polar surface area (TPSA) is 66.9 Å². The Labute approximate surface area is 165 Å². The minimum atomic E-state index is -1.38. The second-order valence-electron chi connectivity index (χ2n) is 9.84. The quantitative estimate of drug-likeness (QED) is 0.580. The largest absolute Gasteiger partial charge is 0.381 e. The molecule has 1 saturated heterocycles. The normalized spacial score (nSPS) is 55.1. The van der Waals surface area contributed by atoms with E-state index in [2.05, 4.69) is 13.8 Å². The number of hydrogen-bond donors (Lipinski definition) is 1. The molecule has 4 nitrogen and oxygen atoms in total. The van der Waals surface area contributed by atoms with Crippen LogP contribution >= 0.6 is 11.6 Å². The molecule has 1 aliphatic heterocycles. The van der Waals surface area contributed by atoms with E-state index in [1.54, 1.807) is 12.2 Å². The second-order valence-corrected chi connectivity index (χ2v) is 10.1. The fraction of sp³-hybridized carbons (Fsp3) is 0.727. The first-order chi connectivity index (χ1) is 12.6. The molecule has 4 fully saturated rings. The summed E-state index contributed by atoms with van der Waals surface area (Å²) in [6, 6.07) is 0. The van der Waals surface area contributed by atoms with Gasteiger partial charge in [-0.2, -0.15) is 0 Å². The minimum Gasteiger partial charge on any atom is -0.381 e. The number of allylic oxidation sites excluding steroid dienone is 2. The van der Waals surface area contributed by atoms with Gasteiger partial charge < -0.3 is 9.84 Å². The molecule has 0 radical (unpaired) electrons. The van der Waals surface area contributed by atoms with Crippen LogP contribution in [0, 0.1) is 28.6 Å². The molecule has 146 valence electrons. The van der Waals surface area contributed by atoms with Crippen LogP contribution in [0.5, 0.6) is 0 Å². The highest BCUT2D eigenvalue weighted by molar-refractivity contribution is 6.29. The fourth-order valence-electron chi connectivity index (χ4n) is 7.68. The summed E-state index contributed by atoms with van der Waals surface area (Å²) in [5.41, 5.74) is -1.29. The summed E-state index contributed by atoms with van der Waals surface area (Å²) < 4.78 is 6.46. The van der Waals surface area contributed by atoms with Crippen molar-refractivity contribution in [2.45, 2.75) is 63.8 Å². The average Bonchev–Trinajstić information content (AvgIpc) is 3.31. The molecule has 0 aromatic heterocycles. The molecule has 5 rings (SSSR count). The number of ether oxygens (including phenoxy) is 1. The van der Waals surface area contributed by atoms with Gasteiger partial charge in [0.2, 0.25) is 0 Å². The highest BCUT2D eigenvalue weighted by atomic mass is 35.5. The molecule has 0 aromatic carbocycles. The van der Waals surface area contributed by atoms with Crippen LogP contribution in [0.25, 0.3) is 0 Å². The van der Waals surface area contributed by atoms with Crippen molar-refractivity contribution >= 4 is 23.2 Å². The number of alkyl halides is 1. The predicted octanol–water partition coefficient (Wildman–Crippen LogP) is 3.21. The van der Waals surface area contributed by atoms with Crippen LogP contribution < -0.4 is 0 Å². The molecule has 27 heavy (non-hydrogen) atoms. The number of rotatable bonds is 2. The zero-order chi connectivity index (χ0) is 19.4. The van der Waals surface area contributed by atoms with Crippen molar-refractivity contribution in [3.8, 4) is 0 Å². The lowest BCUT2D eigenvalue weighted by molar-refractivity contribution is -0.160. The number of ketones is 2. The van der Waals surface area contributed by atoms with Crippen molar-refractivity contribution < 1.29 is 19.4 Å². The summed E-state index contributed by atoms with van der Waals surface area (Å²) in [6.45, 7) is 6.26. The molecule has 1 heterocycles. The maximum Gasteiger partial charge on any atom is 0.179 e. The van der Waals surface area contributed by atoms with Gasteiger partial charge in [-0.3, -0.25) is 9.59 Å². The van der Waals surface area contributed by atoms with Crippen LogP contribution in [0.15, 0.2) is 23.8 Å². The minimum absolute atomic E-state index is 0.00949. The Hall–Kier alpha value is -0.970. The first kappa shape index (κ1) is 18.1. The van der Waals surface area contributed by atoms with Crippen molar-refractivity contribution in [3.63, 3.8) is 0 Å². The first-order valence-corrected chi connectivity index (χ1v) is 10.6. The number of Topliss-reactive ketones (excluding diaryl/α,β-unsaturated/α-hetero) is 1. The molecule has 1 spiro atoms. The molecule has 8 atom stereocenters. The molecular formula is C22H27ClO4. The Morgan fingerprint density at radius 1 is 1.37 bits per heavy atom. The Morgan fingerprint density at radius 2 is 2.11 bits per heavy atom. The second kappa shape index (κ2) is 5.14. The standard InChI is InChI=1S/C22H27ClO4/c1-12-8-16-15-5-4-13-9-14(24)6-7-19(13,2)22(15)18(27-22)10-20(16,3)21(12,26)17(25)11-23/h6-7,9,12,15-16,18,26H,4-5,8,10-11H2,1-3H3/t12-,15+,16+,18-,19+,20+,21+,22-/m1/s1. The van der Waals surface area contributed by atoms with Crippen molar-refractivity contribution in [1.82, 2.24) is 0 Å². The molecule has 0 bridgehead atoms. The SMILES string of the molecule is C[C@@H]1C[C@H]2[C@@H]3CCC4=CC(=O)C=C[C@]4(C)[C@@]34O[C@@H]4C[C@]2(C)[C@@]1(O)C(=O)CCl. The maximum atomic E-state index is 12.7. The summed E-state index contributed by atoms with van der Waals surface area (Å²) in [5.74, 6) is 0.0439. The third-order valence-corrected chi connectivity index (χ3v) is 9.30. The van der Waals surface area contributed by atoms with Gasteiger partial charge in [0.05, 0.1) is 12.0 Å². The summed E-state index contributed by atoms with van der Waals surface area (Å²) in [6.07, 6.45) is 8.83. The van der Waals surface area contributed by atoms with E-state index in [4.69, 9.17) is 16.3 Å². The molecule has 0 aromatic rings. The van der Waals surface area contributed by atoms with Crippen molar-refractivity contribution in [3.05, 3.63) is 23.8 Å². The summed E-state index contributed by atoms with van der Waals surface area (Å²) in [5, 5.41) is 11.6. The molecule has 5 aliphatic rings. The van der Waals surface area contributed by atoms with Crippen LogP contribution in [-0.2, 0) is 14.3 Å². The molecule has 5 heteroatoms. The predicted molar refractivity (Wildman–Crippen MR) is 101 cm³/mol. The van der Waals surface area contributed by atoms with E-state index in [9.17, 15) is 14.7 Å². The van der Waals surface area contributed by atoms with Gasteiger partial charge in [0.25, 0.3) is 0 Å². The van der Waals surface area contributed by atoms with Crippen LogP contribution in [0.1, 0.15) is 46.5 Å². The van der Waals surface area contributed by atoms with Gasteiger partial charge in [-0.1, -0.05) is 25.5 Å². The van der Waals surface area contributed by atoms with Crippen molar-refractivity contribution in [1.29, 1.82) is 0 Å². The van der Waals surface area contributed by atoms with Gasteiger partial charge in [0.1, 0.15) is 11.2 Å². The fourth-order valence-corrected chi connectivity index (χ4v) is 7.88. The van der Waals surface area contributed by atoms with Gasteiger partial charge in [-0.15, -0.1) is 11.6 Å². The van der Waals surface area contributed by atoms with Crippen LogP contribution in [-0.4, -0.2) is 39.9 Å². The van der Waals surface area contributed by atoms with Crippen LogP contribution in [0.2, 0.25) is 0 Å². The summed E-state index contributed by atoms with van der Waals surface area (Å²) >= 11 is 5.90. The van der Waals surface area contributed by atoms with E-state index in [1.165, 1.54) is 5.57 Å². The number of halogens is 1. The Bertz CT molecular complexity index is 817. The number of carbonyl (C=O) groups is 2. The zero-order valence-electron chi connectivity index (χ0n) is 16.1. The van der Waals surface area contributed by atoms with E-state index in [0.717, 1.165) is 19.3 Å². The zero-order valence-corrected chi connectivity index (χ0v) is 16.9. The molecule has 1 N–H and O–H groups in total.